The molecular weight excluding hydrogens is 317 g/mol. The first-order chi connectivity index (χ1) is 8.97. The first-order valence-corrected chi connectivity index (χ1v) is 9.18. The van der Waals surface area contributed by atoms with E-state index in [0.717, 1.165) is 27.8 Å². The third-order valence-corrected chi connectivity index (χ3v) is 7.69. The highest BCUT2D eigenvalue weighted by Crippen LogP contribution is 2.37. The van der Waals surface area contributed by atoms with Crippen LogP contribution in [0.15, 0.2) is 18.2 Å². The lowest BCUT2D eigenvalue weighted by atomic mass is 10.0. The molecule has 1 aromatic carbocycles. The number of hydrogen-bond donors (Lipinski definition) is 1. The van der Waals surface area contributed by atoms with Crippen LogP contribution in [0, 0.1) is 0 Å². The first kappa shape index (κ1) is 15.8. The van der Waals surface area contributed by atoms with Gasteiger partial charge in [-0.2, -0.15) is 23.5 Å². The van der Waals surface area contributed by atoms with Gasteiger partial charge in [-0.1, -0.05) is 37.0 Å². The number of thioether (sulfide) groups is 2. The van der Waals surface area contributed by atoms with Crippen LogP contribution >= 0.6 is 46.7 Å². The van der Waals surface area contributed by atoms with E-state index >= 15 is 0 Å². The normalized spacial score (nSPS) is 29.2. The largest absolute Gasteiger partial charge is 0.326 e. The van der Waals surface area contributed by atoms with Gasteiger partial charge in [-0.05, 0) is 30.2 Å². The maximum atomic E-state index is 6.37. The van der Waals surface area contributed by atoms with Crippen LogP contribution in [0.25, 0.3) is 0 Å². The minimum absolute atomic E-state index is 0.128. The summed E-state index contributed by atoms with van der Waals surface area (Å²) >= 11 is 16.3. The molecule has 1 aliphatic rings. The Bertz CT molecular complexity index is 441. The van der Waals surface area contributed by atoms with Crippen LogP contribution in [-0.2, 0) is 6.42 Å². The second-order valence-corrected chi connectivity index (χ2v) is 8.90. The maximum Gasteiger partial charge on any atom is 0.0439 e. The molecule has 1 nitrogen and oxygen atoms in total. The number of rotatable bonds is 3. The summed E-state index contributed by atoms with van der Waals surface area (Å²) in [5, 5.41) is 3.34. The van der Waals surface area contributed by atoms with Gasteiger partial charge in [0.15, 0.2) is 0 Å². The lowest BCUT2D eigenvalue weighted by molar-refractivity contribution is 0.657. The van der Waals surface area contributed by atoms with Crippen molar-refractivity contribution in [3.05, 3.63) is 33.8 Å². The lowest BCUT2D eigenvalue weighted by Gasteiger charge is -2.34. The van der Waals surface area contributed by atoms with E-state index in [2.05, 4.69) is 13.8 Å². The van der Waals surface area contributed by atoms with Crippen LogP contribution in [-0.4, -0.2) is 27.5 Å². The molecule has 1 saturated heterocycles. The fourth-order valence-electron chi connectivity index (χ4n) is 2.12. The summed E-state index contributed by atoms with van der Waals surface area (Å²) in [6.07, 6.45) is 0.790. The first-order valence-electron chi connectivity index (χ1n) is 6.44. The van der Waals surface area contributed by atoms with Gasteiger partial charge in [0, 0.05) is 37.6 Å². The second-order valence-electron chi connectivity index (χ2n) is 5.02. The molecule has 1 aromatic rings. The Morgan fingerprint density at radius 3 is 2.74 bits per heavy atom. The molecule has 0 amide bonds. The lowest BCUT2D eigenvalue weighted by Crippen LogP contribution is -2.41. The molecule has 5 heteroatoms. The van der Waals surface area contributed by atoms with Gasteiger partial charge in [0.25, 0.3) is 0 Å². The van der Waals surface area contributed by atoms with Crippen LogP contribution in [0.5, 0.6) is 0 Å². The molecule has 19 heavy (non-hydrogen) atoms. The molecule has 0 bridgehead atoms. The Kier molecular flexibility index (Phi) is 5.79. The molecule has 106 valence electrons. The Labute approximate surface area is 134 Å². The van der Waals surface area contributed by atoms with E-state index in [1.54, 1.807) is 0 Å². The standard InChI is InChI=1S/C14H19Cl2NS2/c1-8-9(2)19-14(7-18-8)13(17)6-10-5-11(15)3-4-12(10)16/h3-5,8-9,13-14H,6-7,17H2,1-2H3. The van der Waals surface area contributed by atoms with Crippen molar-refractivity contribution in [3.8, 4) is 0 Å². The Hall–Kier alpha value is 0.460. The third-order valence-electron chi connectivity index (χ3n) is 3.51. The van der Waals surface area contributed by atoms with E-state index in [9.17, 15) is 0 Å². The minimum Gasteiger partial charge on any atom is -0.326 e. The maximum absolute atomic E-state index is 6.37. The summed E-state index contributed by atoms with van der Waals surface area (Å²) in [5.41, 5.74) is 7.43. The summed E-state index contributed by atoms with van der Waals surface area (Å²) in [7, 11) is 0. The van der Waals surface area contributed by atoms with Crippen molar-refractivity contribution in [2.45, 2.75) is 42.1 Å². The highest BCUT2D eigenvalue weighted by Gasteiger charge is 2.29. The molecule has 1 fully saturated rings. The minimum atomic E-state index is 0.128. The van der Waals surface area contributed by atoms with Gasteiger partial charge in [-0.25, -0.2) is 0 Å². The van der Waals surface area contributed by atoms with Gasteiger partial charge < -0.3 is 5.73 Å². The second kappa shape index (κ2) is 6.95. The summed E-state index contributed by atoms with van der Waals surface area (Å²) in [6.45, 7) is 4.57. The van der Waals surface area contributed by atoms with Crippen molar-refractivity contribution in [2.75, 3.05) is 5.75 Å². The molecule has 1 heterocycles. The highest BCUT2D eigenvalue weighted by atomic mass is 35.5. The summed E-state index contributed by atoms with van der Waals surface area (Å²) in [6, 6.07) is 5.72. The Morgan fingerprint density at radius 1 is 1.32 bits per heavy atom. The van der Waals surface area contributed by atoms with Gasteiger partial charge in [0.2, 0.25) is 0 Å². The fourth-order valence-corrected chi connectivity index (χ4v) is 5.57. The average Bonchev–Trinajstić information content (AvgIpc) is 2.37. The molecular formula is C14H19Cl2NS2. The van der Waals surface area contributed by atoms with Crippen molar-refractivity contribution in [1.82, 2.24) is 0 Å². The van der Waals surface area contributed by atoms with E-state index in [4.69, 9.17) is 28.9 Å². The van der Waals surface area contributed by atoms with Gasteiger partial charge in [-0.15, -0.1) is 0 Å². The average molecular weight is 336 g/mol. The smallest absolute Gasteiger partial charge is 0.0439 e. The zero-order valence-corrected chi connectivity index (χ0v) is 14.3. The molecule has 0 spiro atoms. The Balaban J connectivity index is 2.01. The number of hydrogen-bond acceptors (Lipinski definition) is 3. The van der Waals surface area contributed by atoms with E-state index in [0.29, 0.717) is 15.7 Å². The van der Waals surface area contributed by atoms with Crippen molar-refractivity contribution >= 4 is 46.7 Å². The molecule has 0 radical (unpaired) electrons. The van der Waals surface area contributed by atoms with Gasteiger partial charge in [-0.3, -0.25) is 0 Å². The van der Waals surface area contributed by atoms with Crippen LogP contribution < -0.4 is 5.73 Å². The molecule has 4 unspecified atom stereocenters. The van der Waals surface area contributed by atoms with Crippen molar-refractivity contribution in [3.63, 3.8) is 0 Å². The summed E-state index contributed by atoms with van der Waals surface area (Å²) < 4.78 is 0. The van der Waals surface area contributed by atoms with E-state index in [1.165, 1.54) is 0 Å². The molecule has 2 N–H and O–H groups in total. The van der Waals surface area contributed by atoms with Crippen molar-refractivity contribution in [1.29, 1.82) is 0 Å². The fraction of sp³-hybridized carbons (Fsp3) is 0.571. The molecule has 0 aliphatic carbocycles. The molecule has 2 rings (SSSR count). The zero-order valence-electron chi connectivity index (χ0n) is 11.1. The summed E-state index contributed by atoms with van der Waals surface area (Å²) in [4.78, 5) is 0. The van der Waals surface area contributed by atoms with Crippen molar-refractivity contribution in [2.24, 2.45) is 5.73 Å². The SMILES string of the molecule is CC1SCC(C(N)Cc2cc(Cl)ccc2Cl)SC1C. The predicted octanol–water partition coefficient (Wildman–Crippen LogP) is 4.49. The summed E-state index contributed by atoms with van der Waals surface area (Å²) in [5.74, 6) is 1.12. The number of halogens is 2. The quantitative estimate of drug-likeness (QED) is 0.881. The molecule has 0 aromatic heterocycles. The van der Waals surface area contributed by atoms with Crippen LogP contribution in [0.1, 0.15) is 19.4 Å². The molecule has 4 atom stereocenters. The topological polar surface area (TPSA) is 26.0 Å². The monoisotopic (exact) mass is 335 g/mol. The van der Waals surface area contributed by atoms with E-state index < -0.39 is 0 Å². The van der Waals surface area contributed by atoms with Crippen LogP contribution in [0.2, 0.25) is 10.0 Å². The van der Waals surface area contributed by atoms with Gasteiger partial charge in [0.1, 0.15) is 0 Å². The predicted molar refractivity (Wildman–Crippen MR) is 90.9 cm³/mol. The molecule has 0 saturated carbocycles. The van der Waals surface area contributed by atoms with Gasteiger partial charge >= 0.3 is 0 Å². The zero-order chi connectivity index (χ0) is 14.0. The van der Waals surface area contributed by atoms with Crippen LogP contribution in [0.3, 0.4) is 0 Å². The number of benzene rings is 1. The highest BCUT2D eigenvalue weighted by molar-refractivity contribution is 8.07. The van der Waals surface area contributed by atoms with Gasteiger partial charge in [0.05, 0.1) is 0 Å². The molecule has 1 aliphatic heterocycles. The number of nitrogens with two attached hydrogens (primary N) is 1. The Morgan fingerprint density at radius 2 is 2.05 bits per heavy atom. The van der Waals surface area contributed by atoms with Crippen molar-refractivity contribution < 1.29 is 0 Å². The third kappa shape index (κ3) is 4.21. The van der Waals surface area contributed by atoms with Crippen LogP contribution in [0.4, 0.5) is 0 Å². The van der Waals surface area contributed by atoms with E-state index in [1.807, 2.05) is 41.7 Å². The van der Waals surface area contributed by atoms with E-state index in [-0.39, 0.29) is 6.04 Å².